The SMILES string of the molecule is COc1ccc(C(C)NSc2ccc(Oc3ccnc4cc(OC)ccc34)cc2)cc1. The molecule has 0 aliphatic heterocycles. The van der Waals surface area contributed by atoms with Gasteiger partial charge in [0.2, 0.25) is 0 Å². The highest BCUT2D eigenvalue weighted by atomic mass is 32.2. The molecular formula is C25H24N2O3S. The Kier molecular flexibility index (Phi) is 6.60. The molecule has 1 heterocycles. The van der Waals surface area contributed by atoms with E-state index in [1.54, 1.807) is 32.4 Å². The molecule has 3 aromatic carbocycles. The van der Waals surface area contributed by atoms with Gasteiger partial charge in [0.15, 0.2) is 0 Å². The maximum absolute atomic E-state index is 6.11. The Labute approximate surface area is 186 Å². The molecule has 0 saturated carbocycles. The maximum atomic E-state index is 6.11. The third-order valence-corrected chi connectivity index (χ3v) is 5.91. The first kappa shape index (κ1) is 21.0. The van der Waals surface area contributed by atoms with E-state index in [1.165, 1.54) is 5.56 Å². The lowest BCUT2D eigenvalue weighted by Crippen LogP contribution is -2.09. The van der Waals surface area contributed by atoms with E-state index in [9.17, 15) is 0 Å². The monoisotopic (exact) mass is 432 g/mol. The van der Waals surface area contributed by atoms with Gasteiger partial charge in [-0.25, -0.2) is 0 Å². The van der Waals surface area contributed by atoms with Gasteiger partial charge >= 0.3 is 0 Å². The summed E-state index contributed by atoms with van der Waals surface area (Å²) in [7, 11) is 3.32. The van der Waals surface area contributed by atoms with E-state index in [-0.39, 0.29) is 6.04 Å². The largest absolute Gasteiger partial charge is 0.497 e. The predicted molar refractivity (Wildman–Crippen MR) is 125 cm³/mol. The van der Waals surface area contributed by atoms with Gasteiger partial charge in [0, 0.05) is 28.6 Å². The van der Waals surface area contributed by atoms with Gasteiger partial charge in [-0.3, -0.25) is 9.71 Å². The molecule has 0 bridgehead atoms. The number of nitrogens with zero attached hydrogens (tertiary/aromatic N) is 1. The van der Waals surface area contributed by atoms with Gasteiger partial charge in [0.1, 0.15) is 23.0 Å². The minimum Gasteiger partial charge on any atom is -0.497 e. The number of fused-ring (bicyclic) bond motifs is 1. The molecular weight excluding hydrogens is 408 g/mol. The van der Waals surface area contributed by atoms with E-state index >= 15 is 0 Å². The van der Waals surface area contributed by atoms with Crippen LogP contribution < -0.4 is 18.9 Å². The first-order chi connectivity index (χ1) is 15.2. The Bertz CT molecular complexity index is 1150. The zero-order valence-corrected chi connectivity index (χ0v) is 18.5. The van der Waals surface area contributed by atoms with Crippen LogP contribution in [0.3, 0.4) is 0 Å². The molecule has 158 valence electrons. The average molecular weight is 433 g/mol. The number of ether oxygens (including phenoxy) is 3. The quantitative estimate of drug-likeness (QED) is 0.325. The Balaban J connectivity index is 1.40. The van der Waals surface area contributed by atoms with E-state index in [4.69, 9.17) is 14.2 Å². The zero-order valence-electron chi connectivity index (χ0n) is 17.7. The number of aromatic nitrogens is 1. The molecule has 4 aromatic rings. The van der Waals surface area contributed by atoms with E-state index < -0.39 is 0 Å². The van der Waals surface area contributed by atoms with Crippen molar-refractivity contribution in [2.24, 2.45) is 0 Å². The molecule has 1 atom stereocenters. The fourth-order valence-corrected chi connectivity index (χ4v) is 3.86. The summed E-state index contributed by atoms with van der Waals surface area (Å²) < 4.78 is 20.1. The second kappa shape index (κ2) is 9.73. The van der Waals surface area contributed by atoms with Gasteiger partial charge in [-0.2, -0.15) is 0 Å². The summed E-state index contributed by atoms with van der Waals surface area (Å²) in [5, 5.41) is 0.941. The van der Waals surface area contributed by atoms with Gasteiger partial charge in [0.05, 0.1) is 19.7 Å². The van der Waals surface area contributed by atoms with Crippen LogP contribution in [-0.2, 0) is 0 Å². The van der Waals surface area contributed by atoms with Gasteiger partial charge in [-0.15, -0.1) is 0 Å². The summed E-state index contributed by atoms with van der Waals surface area (Å²) in [6.45, 7) is 2.13. The summed E-state index contributed by atoms with van der Waals surface area (Å²) in [5.74, 6) is 3.17. The van der Waals surface area contributed by atoms with E-state index in [2.05, 4.69) is 28.8 Å². The number of benzene rings is 3. The van der Waals surface area contributed by atoms with Crippen molar-refractivity contribution in [3.63, 3.8) is 0 Å². The van der Waals surface area contributed by atoms with Crippen molar-refractivity contribution in [1.29, 1.82) is 0 Å². The van der Waals surface area contributed by atoms with Crippen LogP contribution in [0.5, 0.6) is 23.0 Å². The van der Waals surface area contributed by atoms with Gasteiger partial charge in [0.25, 0.3) is 0 Å². The molecule has 1 N–H and O–H groups in total. The summed E-state index contributed by atoms with van der Waals surface area (Å²) in [6.07, 6.45) is 1.74. The fourth-order valence-electron chi connectivity index (χ4n) is 3.14. The molecule has 5 nitrogen and oxygen atoms in total. The van der Waals surface area contributed by atoms with E-state index in [1.807, 2.05) is 60.7 Å². The molecule has 0 saturated heterocycles. The van der Waals surface area contributed by atoms with Crippen LogP contribution in [-0.4, -0.2) is 19.2 Å². The topological polar surface area (TPSA) is 52.6 Å². The standard InChI is InChI=1S/C25H24N2O3S/c1-17(18-4-6-19(28-2)7-5-18)27-31-22-11-8-20(9-12-22)30-25-14-15-26-24-16-21(29-3)10-13-23(24)25/h4-17,27H,1-3H3. The molecule has 0 aliphatic rings. The van der Waals surface area contributed by atoms with Crippen LogP contribution in [0.15, 0.2) is 83.9 Å². The zero-order chi connectivity index (χ0) is 21.6. The highest BCUT2D eigenvalue weighted by Crippen LogP contribution is 2.32. The lowest BCUT2D eigenvalue weighted by molar-refractivity contribution is 0.414. The van der Waals surface area contributed by atoms with Crippen LogP contribution in [0.2, 0.25) is 0 Å². The van der Waals surface area contributed by atoms with E-state index in [0.717, 1.165) is 38.8 Å². The highest BCUT2D eigenvalue weighted by molar-refractivity contribution is 7.97. The van der Waals surface area contributed by atoms with Crippen molar-refractivity contribution in [2.75, 3.05) is 14.2 Å². The van der Waals surface area contributed by atoms with Crippen molar-refractivity contribution in [1.82, 2.24) is 9.71 Å². The third kappa shape index (κ3) is 5.10. The number of pyridine rings is 1. The summed E-state index contributed by atoms with van der Waals surface area (Å²) >= 11 is 1.59. The second-order valence-corrected chi connectivity index (χ2v) is 7.89. The summed E-state index contributed by atoms with van der Waals surface area (Å²) in [5.41, 5.74) is 2.04. The number of nitrogens with one attached hydrogen (secondary N) is 1. The predicted octanol–water partition coefficient (Wildman–Crippen LogP) is 6.40. The average Bonchev–Trinajstić information content (AvgIpc) is 2.83. The molecule has 6 heteroatoms. The molecule has 4 rings (SSSR count). The number of methoxy groups -OCH3 is 2. The highest BCUT2D eigenvalue weighted by Gasteiger charge is 2.08. The van der Waals surface area contributed by atoms with Crippen molar-refractivity contribution in [2.45, 2.75) is 17.9 Å². The van der Waals surface area contributed by atoms with Crippen LogP contribution in [0.25, 0.3) is 10.9 Å². The molecule has 0 spiro atoms. The normalized spacial score (nSPS) is 11.8. The van der Waals surface area contributed by atoms with Crippen molar-refractivity contribution in [3.05, 3.63) is 84.6 Å². The fraction of sp³-hybridized carbons (Fsp3) is 0.160. The lowest BCUT2D eigenvalue weighted by atomic mass is 10.1. The van der Waals surface area contributed by atoms with Gasteiger partial charge < -0.3 is 14.2 Å². The smallest absolute Gasteiger partial charge is 0.138 e. The molecule has 0 fully saturated rings. The maximum Gasteiger partial charge on any atom is 0.138 e. The number of rotatable bonds is 8. The minimum atomic E-state index is 0.201. The number of hydrogen-bond acceptors (Lipinski definition) is 6. The van der Waals surface area contributed by atoms with Crippen molar-refractivity contribution in [3.8, 4) is 23.0 Å². The molecule has 0 amide bonds. The molecule has 0 radical (unpaired) electrons. The Morgan fingerprint density at radius 1 is 0.806 bits per heavy atom. The van der Waals surface area contributed by atoms with Crippen molar-refractivity contribution >= 4 is 22.9 Å². The summed E-state index contributed by atoms with van der Waals surface area (Å²) in [4.78, 5) is 5.51. The van der Waals surface area contributed by atoms with Crippen LogP contribution >= 0.6 is 11.9 Å². The number of hydrogen-bond donors (Lipinski definition) is 1. The first-order valence-corrected chi connectivity index (χ1v) is 10.7. The molecule has 1 aromatic heterocycles. The third-order valence-electron chi connectivity index (χ3n) is 4.93. The van der Waals surface area contributed by atoms with Crippen molar-refractivity contribution < 1.29 is 14.2 Å². The van der Waals surface area contributed by atoms with Gasteiger partial charge in [-0.05, 0) is 79.0 Å². The summed E-state index contributed by atoms with van der Waals surface area (Å²) in [6, 6.07) is 24.0. The molecule has 0 aliphatic carbocycles. The van der Waals surface area contributed by atoms with E-state index in [0.29, 0.717) is 0 Å². The molecule has 1 unspecified atom stereocenters. The van der Waals surface area contributed by atoms with Crippen LogP contribution in [0.4, 0.5) is 0 Å². The minimum absolute atomic E-state index is 0.201. The van der Waals surface area contributed by atoms with Crippen LogP contribution in [0.1, 0.15) is 18.5 Å². The molecule has 31 heavy (non-hydrogen) atoms. The second-order valence-electron chi connectivity index (χ2n) is 6.98. The first-order valence-electron chi connectivity index (χ1n) is 9.93. The Morgan fingerprint density at radius 3 is 2.19 bits per heavy atom. The Hall–Kier alpha value is -3.22. The van der Waals surface area contributed by atoms with Gasteiger partial charge in [-0.1, -0.05) is 12.1 Å². The lowest BCUT2D eigenvalue weighted by Gasteiger charge is -2.14. The Morgan fingerprint density at radius 2 is 1.48 bits per heavy atom. The van der Waals surface area contributed by atoms with Crippen LogP contribution in [0, 0.1) is 0 Å².